The van der Waals surface area contributed by atoms with Crippen molar-refractivity contribution >= 4 is 28.6 Å². The van der Waals surface area contributed by atoms with E-state index in [0.717, 1.165) is 0 Å². The molecule has 5 nitrogen and oxygen atoms in total. The van der Waals surface area contributed by atoms with Crippen LogP contribution in [0.25, 0.3) is 11.0 Å². The number of benzene rings is 1. The van der Waals surface area contributed by atoms with Gasteiger partial charge in [0.1, 0.15) is 0 Å². The van der Waals surface area contributed by atoms with Gasteiger partial charge in [0.2, 0.25) is 0 Å². The molecule has 16 heavy (non-hydrogen) atoms. The van der Waals surface area contributed by atoms with Gasteiger partial charge in [0.15, 0.2) is 0 Å². The minimum Gasteiger partial charge on any atom is -0.462 e. The van der Waals surface area contributed by atoms with Crippen LogP contribution in [0.1, 0.15) is 17.3 Å². The van der Waals surface area contributed by atoms with Gasteiger partial charge in [-0.2, -0.15) is 0 Å². The summed E-state index contributed by atoms with van der Waals surface area (Å²) >= 11 is 5.83. The summed E-state index contributed by atoms with van der Waals surface area (Å²) in [7, 11) is 0. The lowest BCUT2D eigenvalue weighted by Gasteiger charge is -2.03. The monoisotopic (exact) mass is 240 g/mol. The van der Waals surface area contributed by atoms with Crippen LogP contribution in [0.4, 0.5) is 0 Å². The second-order valence-corrected chi connectivity index (χ2v) is 3.61. The normalized spacial score (nSPS) is 10.6. The highest BCUT2D eigenvalue weighted by Crippen LogP contribution is 2.20. The van der Waals surface area contributed by atoms with Gasteiger partial charge in [-0.15, -0.1) is 0 Å². The summed E-state index contributed by atoms with van der Waals surface area (Å²) in [4.78, 5) is 27.8. The minimum absolute atomic E-state index is 0.253. The highest BCUT2D eigenvalue weighted by atomic mass is 35.5. The number of ether oxygens (including phenoxy) is 1. The van der Waals surface area contributed by atoms with Crippen molar-refractivity contribution < 1.29 is 9.53 Å². The first-order chi connectivity index (χ1) is 7.61. The highest BCUT2D eigenvalue weighted by Gasteiger charge is 2.14. The van der Waals surface area contributed by atoms with Crippen molar-refractivity contribution in [2.45, 2.75) is 6.92 Å². The number of H-pyrrole nitrogens is 2. The molecule has 2 aromatic rings. The Labute approximate surface area is 95.4 Å². The Bertz CT molecular complexity index is 600. The number of rotatable bonds is 2. The van der Waals surface area contributed by atoms with Crippen molar-refractivity contribution in [2.24, 2.45) is 0 Å². The standard InChI is InChI=1S/C10H9ClN2O3/c1-2-16-9(14)6-3-5(11)4-7-8(6)13-10(15)12-7/h3-4H,2H2,1H3,(H2,12,13,15). The van der Waals surface area contributed by atoms with Gasteiger partial charge in [0, 0.05) is 5.02 Å². The third-order valence-electron chi connectivity index (χ3n) is 2.09. The third-order valence-corrected chi connectivity index (χ3v) is 2.30. The molecule has 0 unspecified atom stereocenters. The van der Waals surface area contributed by atoms with Crippen LogP contribution in [0.5, 0.6) is 0 Å². The molecule has 0 spiro atoms. The smallest absolute Gasteiger partial charge is 0.340 e. The number of carbonyl (C=O) groups is 1. The summed E-state index contributed by atoms with van der Waals surface area (Å²) in [5.74, 6) is -0.509. The van der Waals surface area contributed by atoms with Crippen molar-refractivity contribution in [3.8, 4) is 0 Å². The van der Waals surface area contributed by atoms with Gasteiger partial charge in [0.25, 0.3) is 0 Å². The number of fused-ring (bicyclic) bond motifs is 1. The summed E-state index contributed by atoms with van der Waals surface area (Å²) in [5.41, 5.74) is 0.763. The third kappa shape index (κ3) is 1.81. The molecular weight excluding hydrogens is 232 g/mol. The van der Waals surface area contributed by atoms with Crippen LogP contribution in [-0.2, 0) is 4.74 Å². The van der Waals surface area contributed by atoms with Crippen LogP contribution < -0.4 is 5.69 Å². The molecule has 0 aliphatic heterocycles. The van der Waals surface area contributed by atoms with Crippen LogP contribution >= 0.6 is 11.6 Å². The molecule has 1 aromatic carbocycles. The zero-order chi connectivity index (χ0) is 11.7. The predicted molar refractivity (Wildman–Crippen MR) is 59.9 cm³/mol. The molecule has 1 heterocycles. The fourth-order valence-electron chi connectivity index (χ4n) is 1.48. The lowest BCUT2D eigenvalue weighted by Crippen LogP contribution is -2.06. The summed E-state index contributed by atoms with van der Waals surface area (Å²) in [6, 6.07) is 3.03. The molecule has 0 fully saturated rings. The van der Waals surface area contributed by atoms with E-state index < -0.39 is 5.97 Å². The first-order valence-corrected chi connectivity index (χ1v) is 5.08. The quantitative estimate of drug-likeness (QED) is 0.785. The van der Waals surface area contributed by atoms with E-state index in [1.807, 2.05) is 0 Å². The number of aromatic amines is 2. The van der Waals surface area contributed by atoms with E-state index in [9.17, 15) is 9.59 Å². The maximum atomic E-state index is 11.6. The first-order valence-electron chi connectivity index (χ1n) is 4.70. The van der Waals surface area contributed by atoms with Gasteiger partial charge < -0.3 is 14.7 Å². The molecule has 6 heteroatoms. The van der Waals surface area contributed by atoms with Crippen LogP contribution in [0.3, 0.4) is 0 Å². The van der Waals surface area contributed by atoms with Crippen molar-refractivity contribution in [1.29, 1.82) is 0 Å². The lowest BCUT2D eigenvalue weighted by molar-refractivity contribution is 0.0528. The summed E-state index contributed by atoms with van der Waals surface area (Å²) in [5, 5.41) is 0.366. The Kier molecular flexibility index (Phi) is 2.70. The fourth-order valence-corrected chi connectivity index (χ4v) is 1.70. The fraction of sp³-hybridized carbons (Fsp3) is 0.200. The number of hydrogen-bond acceptors (Lipinski definition) is 3. The number of imidazole rings is 1. The minimum atomic E-state index is -0.509. The van der Waals surface area contributed by atoms with E-state index in [1.54, 1.807) is 13.0 Å². The van der Waals surface area contributed by atoms with E-state index in [0.29, 0.717) is 16.1 Å². The van der Waals surface area contributed by atoms with E-state index >= 15 is 0 Å². The van der Waals surface area contributed by atoms with Crippen LogP contribution in [-0.4, -0.2) is 22.5 Å². The zero-order valence-electron chi connectivity index (χ0n) is 8.46. The average molecular weight is 241 g/mol. The average Bonchev–Trinajstić information content (AvgIpc) is 2.57. The topological polar surface area (TPSA) is 75.0 Å². The molecule has 1 aromatic heterocycles. The molecule has 2 rings (SSSR count). The van der Waals surface area contributed by atoms with Gasteiger partial charge >= 0.3 is 11.7 Å². The first kappa shape index (κ1) is 10.8. The number of hydrogen-bond donors (Lipinski definition) is 2. The molecule has 0 amide bonds. The Morgan fingerprint density at radius 1 is 1.44 bits per heavy atom. The molecule has 0 aliphatic carbocycles. The van der Waals surface area contributed by atoms with Gasteiger partial charge in [-0.25, -0.2) is 9.59 Å². The van der Waals surface area contributed by atoms with E-state index in [2.05, 4.69) is 9.97 Å². The number of halogens is 1. The van der Waals surface area contributed by atoms with Crippen molar-refractivity contribution in [3.63, 3.8) is 0 Å². The van der Waals surface area contributed by atoms with Gasteiger partial charge in [-0.05, 0) is 19.1 Å². The van der Waals surface area contributed by atoms with Crippen LogP contribution in [0.15, 0.2) is 16.9 Å². The number of esters is 1. The largest absolute Gasteiger partial charge is 0.462 e. The van der Waals surface area contributed by atoms with Gasteiger partial charge in [-0.1, -0.05) is 11.6 Å². The van der Waals surface area contributed by atoms with Gasteiger partial charge in [0.05, 0.1) is 23.2 Å². The number of aromatic nitrogens is 2. The molecular formula is C10H9ClN2O3. The number of carbonyl (C=O) groups excluding carboxylic acids is 1. The van der Waals surface area contributed by atoms with E-state index in [4.69, 9.17) is 16.3 Å². The zero-order valence-corrected chi connectivity index (χ0v) is 9.22. The highest BCUT2D eigenvalue weighted by molar-refractivity contribution is 6.31. The predicted octanol–water partition coefficient (Wildman–Crippen LogP) is 1.69. The van der Waals surface area contributed by atoms with Crippen molar-refractivity contribution in [2.75, 3.05) is 6.61 Å². The Morgan fingerprint density at radius 2 is 2.19 bits per heavy atom. The summed E-state index contributed by atoms with van der Waals surface area (Å²) in [6.45, 7) is 1.97. The summed E-state index contributed by atoms with van der Waals surface area (Å²) in [6.07, 6.45) is 0. The van der Waals surface area contributed by atoms with Crippen molar-refractivity contribution in [1.82, 2.24) is 9.97 Å². The number of nitrogens with one attached hydrogen (secondary N) is 2. The van der Waals surface area contributed by atoms with Crippen LogP contribution in [0.2, 0.25) is 5.02 Å². The molecule has 0 saturated heterocycles. The Balaban J connectivity index is 2.67. The molecule has 0 radical (unpaired) electrons. The summed E-state index contributed by atoms with van der Waals surface area (Å²) < 4.78 is 4.87. The molecule has 0 saturated carbocycles. The SMILES string of the molecule is CCOC(=O)c1cc(Cl)cc2[nH]c(=O)[nH]c12. The van der Waals surface area contributed by atoms with Gasteiger partial charge in [-0.3, -0.25) is 0 Å². The lowest BCUT2D eigenvalue weighted by atomic mass is 10.2. The van der Waals surface area contributed by atoms with Crippen molar-refractivity contribution in [3.05, 3.63) is 33.2 Å². The molecule has 2 N–H and O–H groups in total. The van der Waals surface area contributed by atoms with Crippen LogP contribution in [0, 0.1) is 0 Å². The molecule has 0 bridgehead atoms. The Morgan fingerprint density at radius 3 is 2.88 bits per heavy atom. The second kappa shape index (κ2) is 4.02. The van der Waals surface area contributed by atoms with E-state index in [1.165, 1.54) is 6.07 Å². The Hall–Kier alpha value is -1.75. The molecule has 0 atom stereocenters. The molecule has 84 valence electrons. The second-order valence-electron chi connectivity index (χ2n) is 3.18. The maximum Gasteiger partial charge on any atom is 0.340 e. The van der Waals surface area contributed by atoms with E-state index in [-0.39, 0.29) is 17.9 Å². The maximum absolute atomic E-state index is 11.6. The molecule has 0 aliphatic rings.